The molecule has 0 aliphatic carbocycles. The molecule has 0 spiro atoms. The molecule has 1 aliphatic heterocycles. The van der Waals surface area contributed by atoms with Gasteiger partial charge in [0.15, 0.2) is 12.4 Å². The predicted octanol–water partition coefficient (Wildman–Crippen LogP) is 18.8. The lowest BCUT2D eigenvalue weighted by Crippen LogP contribution is -2.61. The fourth-order valence-electron chi connectivity index (χ4n) is 11.1. The molecule has 0 radical (unpaired) electrons. The molecule has 504 valence electrons. The zero-order valence-electron chi connectivity index (χ0n) is 56.1. The Kier molecular flexibility index (Phi) is 59.3. The highest BCUT2D eigenvalue weighted by Gasteiger charge is 2.47. The van der Waals surface area contributed by atoms with Crippen molar-refractivity contribution in [1.29, 1.82) is 0 Å². The molecule has 1 heterocycles. The highest BCUT2D eigenvalue weighted by Crippen LogP contribution is 2.26. The first-order chi connectivity index (χ1) is 42.7. The number of unbranched alkanes of at least 4 members (excludes halogenated alkanes) is 36. The van der Waals surface area contributed by atoms with Crippen LogP contribution in [-0.2, 0) is 23.8 Å². The zero-order valence-corrected chi connectivity index (χ0v) is 56.1. The molecule has 6 N–H and O–H groups in total. The minimum absolute atomic E-state index is 0.121. The van der Waals surface area contributed by atoms with E-state index in [1.807, 2.05) is 6.08 Å². The van der Waals surface area contributed by atoms with Gasteiger partial charge in [0.1, 0.15) is 24.4 Å². The van der Waals surface area contributed by atoms with Crippen LogP contribution in [0.1, 0.15) is 323 Å². The number of esters is 1. The van der Waals surface area contributed by atoms with Gasteiger partial charge in [0.25, 0.3) is 0 Å². The molecule has 0 aromatic carbocycles. The number of carbonyl (C=O) groups excluding carboxylic acids is 2. The second kappa shape index (κ2) is 63.0. The molecule has 8 atom stereocenters. The number of aliphatic hydroxyl groups excluding tert-OH is 5. The van der Waals surface area contributed by atoms with E-state index < -0.39 is 67.4 Å². The molecule has 11 nitrogen and oxygen atoms in total. The van der Waals surface area contributed by atoms with Crippen molar-refractivity contribution in [3.05, 3.63) is 85.1 Å². The smallest absolute Gasteiger partial charge is 0.306 e. The predicted molar refractivity (Wildman–Crippen MR) is 366 cm³/mol. The molecule has 0 saturated carbocycles. The van der Waals surface area contributed by atoms with Gasteiger partial charge in [-0.2, -0.15) is 0 Å². The summed E-state index contributed by atoms with van der Waals surface area (Å²) < 4.78 is 17.7. The molecule has 0 aromatic rings. The number of hydrogen-bond donors (Lipinski definition) is 6. The third-order valence-electron chi connectivity index (χ3n) is 16.8. The summed E-state index contributed by atoms with van der Waals surface area (Å²) >= 11 is 0. The fourth-order valence-corrected chi connectivity index (χ4v) is 11.1. The number of carbonyl (C=O) groups is 2. The van der Waals surface area contributed by atoms with Gasteiger partial charge in [-0.15, -0.1) is 0 Å². The molecular formula is C76H135NO10. The van der Waals surface area contributed by atoms with Gasteiger partial charge in [-0.05, 0) is 96.3 Å². The van der Waals surface area contributed by atoms with Gasteiger partial charge in [0.2, 0.25) is 5.91 Å². The van der Waals surface area contributed by atoms with E-state index in [9.17, 15) is 35.1 Å². The Bertz CT molecular complexity index is 1740. The summed E-state index contributed by atoms with van der Waals surface area (Å²) in [5.74, 6) is -1.20. The first kappa shape index (κ1) is 81.9. The summed E-state index contributed by atoms with van der Waals surface area (Å²) in [6.45, 7) is 5.70. The standard InChI is InChI=1S/C76H135NO10/c1-4-7-10-13-16-19-22-25-27-29-31-33-35-37-39-41-43-46-49-52-55-58-61-64-71(81)87-74-73(83)72(82)70(65-78)86-76(74)85-66-67(68(79)62-59-56-53-50-47-44-24-21-18-15-12-9-6-3)77-75(84)69(80)63-60-57-54-51-48-45-42-40-38-36-34-32-30-28-26-23-20-17-14-11-8-5-2/h8,11,17,20,25-28,32,34,38,40,59,62,67-70,72-74,76,78-80,82-83H,4-7,9-10,12-16,18-19,21-24,29-31,33,35-37,39,41-58,60-61,63-66H2,1-3H3,(H,77,84)/b11-8-,20-17-,27-25+,28-26-,34-32-,40-38-,62-59+. The third-order valence-corrected chi connectivity index (χ3v) is 16.8. The second-order valence-corrected chi connectivity index (χ2v) is 24.9. The SMILES string of the molecule is CC/C=C\C/C=C\C/C=C\C/C=C\C/C=C\CCCCCCCCC(O)C(=O)NC(COC1OC(CO)C(O)C(O)C1OC(=O)CCCCCCCCCCCCCCC/C=C/CCCCCCCC)C(O)/C=C/CCCCCCCCCCCCC. The van der Waals surface area contributed by atoms with Gasteiger partial charge in [-0.25, -0.2) is 0 Å². The summed E-state index contributed by atoms with van der Waals surface area (Å²) in [7, 11) is 0. The normalized spacial score (nSPS) is 18.7. The van der Waals surface area contributed by atoms with Crippen LogP contribution >= 0.6 is 0 Å². The van der Waals surface area contributed by atoms with Crippen molar-refractivity contribution >= 4 is 11.9 Å². The van der Waals surface area contributed by atoms with Gasteiger partial charge < -0.3 is 45.1 Å². The van der Waals surface area contributed by atoms with Crippen LogP contribution in [-0.4, -0.2) is 99.6 Å². The molecule has 1 fully saturated rings. The van der Waals surface area contributed by atoms with Crippen LogP contribution in [0, 0.1) is 0 Å². The maximum Gasteiger partial charge on any atom is 0.306 e. The summed E-state index contributed by atoms with van der Waals surface area (Å²) in [6.07, 6.45) is 73.3. The van der Waals surface area contributed by atoms with E-state index in [0.29, 0.717) is 12.8 Å². The minimum Gasteiger partial charge on any atom is -0.454 e. The lowest BCUT2D eigenvalue weighted by atomic mass is 9.99. The van der Waals surface area contributed by atoms with Crippen molar-refractivity contribution in [1.82, 2.24) is 5.32 Å². The van der Waals surface area contributed by atoms with Crippen LogP contribution in [0.5, 0.6) is 0 Å². The van der Waals surface area contributed by atoms with Crippen molar-refractivity contribution in [2.45, 2.75) is 372 Å². The third kappa shape index (κ3) is 50.2. The summed E-state index contributed by atoms with van der Waals surface area (Å²) in [5, 5.41) is 57.3. The number of nitrogens with one attached hydrogen (secondary N) is 1. The topological polar surface area (TPSA) is 175 Å². The molecule has 1 amide bonds. The second-order valence-electron chi connectivity index (χ2n) is 24.9. The van der Waals surface area contributed by atoms with Crippen LogP contribution in [0.4, 0.5) is 0 Å². The molecule has 0 bridgehead atoms. The fraction of sp³-hybridized carbons (Fsp3) is 0.789. The monoisotopic (exact) mass is 1220 g/mol. The first-order valence-corrected chi connectivity index (χ1v) is 36.4. The number of ether oxygens (including phenoxy) is 3. The van der Waals surface area contributed by atoms with E-state index in [2.05, 4.69) is 99.0 Å². The van der Waals surface area contributed by atoms with Crippen LogP contribution in [0.15, 0.2) is 85.1 Å². The Hall–Kier alpha value is -3.16. The van der Waals surface area contributed by atoms with Gasteiger partial charge in [-0.3, -0.25) is 9.59 Å². The van der Waals surface area contributed by atoms with Crippen LogP contribution < -0.4 is 5.32 Å². The Morgan fingerprint density at radius 3 is 1.25 bits per heavy atom. The first-order valence-electron chi connectivity index (χ1n) is 36.4. The highest BCUT2D eigenvalue weighted by atomic mass is 16.7. The van der Waals surface area contributed by atoms with E-state index in [4.69, 9.17) is 14.2 Å². The maximum atomic E-state index is 13.5. The number of allylic oxidation sites excluding steroid dienone is 13. The van der Waals surface area contributed by atoms with Gasteiger partial charge >= 0.3 is 5.97 Å². The van der Waals surface area contributed by atoms with Crippen molar-refractivity contribution in [2.75, 3.05) is 13.2 Å². The quantitative estimate of drug-likeness (QED) is 0.0195. The lowest BCUT2D eigenvalue weighted by molar-refractivity contribution is -0.305. The van der Waals surface area contributed by atoms with Crippen molar-refractivity contribution < 1.29 is 49.3 Å². The average molecular weight is 1220 g/mol. The summed E-state index contributed by atoms with van der Waals surface area (Å²) in [6, 6.07) is -1.04. The molecular weight excluding hydrogens is 1090 g/mol. The van der Waals surface area contributed by atoms with Gasteiger partial charge in [0, 0.05) is 6.42 Å². The molecule has 8 unspecified atom stereocenters. The largest absolute Gasteiger partial charge is 0.454 e. The van der Waals surface area contributed by atoms with E-state index in [1.54, 1.807) is 6.08 Å². The molecule has 11 heteroatoms. The van der Waals surface area contributed by atoms with Crippen LogP contribution in [0.25, 0.3) is 0 Å². The summed E-state index contributed by atoms with van der Waals surface area (Å²) in [4.78, 5) is 26.7. The Labute approximate surface area is 533 Å². The van der Waals surface area contributed by atoms with E-state index in [1.165, 1.54) is 167 Å². The lowest BCUT2D eigenvalue weighted by Gasteiger charge is -2.41. The van der Waals surface area contributed by atoms with E-state index in [-0.39, 0.29) is 19.4 Å². The average Bonchev–Trinajstić information content (AvgIpc) is 2.25. The van der Waals surface area contributed by atoms with Crippen LogP contribution in [0.2, 0.25) is 0 Å². The minimum atomic E-state index is -1.62. The number of rotatable bonds is 62. The molecule has 1 aliphatic rings. The molecule has 1 rings (SSSR count). The van der Waals surface area contributed by atoms with Crippen molar-refractivity contribution in [3.63, 3.8) is 0 Å². The number of hydrogen-bond acceptors (Lipinski definition) is 10. The Morgan fingerprint density at radius 1 is 0.460 bits per heavy atom. The highest BCUT2D eigenvalue weighted by molar-refractivity contribution is 5.80. The van der Waals surface area contributed by atoms with Crippen LogP contribution in [0.3, 0.4) is 0 Å². The van der Waals surface area contributed by atoms with E-state index in [0.717, 1.165) is 109 Å². The molecule has 0 aromatic heterocycles. The van der Waals surface area contributed by atoms with E-state index >= 15 is 0 Å². The van der Waals surface area contributed by atoms with Crippen molar-refractivity contribution in [2.24, 2.45) is 0 Å². The Morgan fingerprint density at radius 2 is 0.828 bits per heavy atom. The maximum absolute atomic E-state index is 13.5. The number of aliphatic hydroxyl groups is 5. The van der Waals surface area contributed by atoms with Gasteiger partial charge in [-0.1, -0.05) is 305 Å². The summed E-state index contributed by atoms with van der Waals surface area (Å²) in [5.41, 5.74) is 0. The number of amides is 1. The molecule has 87 heavy (non-hydrogen) atoms. The Balaban J connectivity index is 2.59. The zero-order chi connectivity index (χ0) is 63.1. The van der Waals surface area contributed by atoms with Crippen molar-refractivity contribution in [3.8, 4) is 0 Å². The molecule has 1 saturated heterocycles. The van der Waals surface area contributed by atoms with Gasteiger partial charge in [0.05, 0.1) is 25.4 Å².